The maximum absolute atomic E-state index is 13.1. The number of esters is 4. The van der Waals surface area contributed by atoms with E-state index in [1.165, 1.54) is 154 Å². The Kier molecular flexibility index (Phi) is 71.2. The Morgan fingerprint density at radius 3 is 0.820 bits per heavy atom. The summed E-state index contributed by atoms with van der Waals surface area (Å²) in [6, 6.07) is 0. The van der Waals surface area contributed by atoms with Crippen LogP contribution < -0.4 is 0 Å². The predicted octanol–water partition coefficient (Wildman–Crippen LogP) is 23.2. The molecule has 0 spiro atoms. The molecule has 0 saturated carbocycles. The smallest absolute Gasteiger partial charge is 0.462 e. The molecule has 0 aromatic carbocycles. The highest BCUT2D eigenvalue weighted by molar-refractivity contribution is 7.47. The van der Waals surface area contributed by atoms with Crippen LogP contribution in [-0.2, 0) is 65.4 Å². The van der Waals surface area contributed by atoms with Crippen molar-refractivity contribution in [2.24, 2.45) is 0 Å². The van der Waals surface area contributed by atoms with Crippen LogP contribution >= 0.6 is 15.6 Å². The van der Waals surface area contributed by atoms with Gasteiger partial charge in [-0.15, -0.1) is 0 Å². The summed E-state index contributed by atoms with van der Waals surface area (Å²) in [5.41, 5.74) is 0. The number of carbonyl (C=O) groups excluding carboxylic acids is 4. The van der Waals surface area contributed by atoms with Gasteiger partial charge in [0.1, 0.15) is 19.3 Å². The number of phosphoric acid groups is 2. The summed E-state index contributed by atoms with van der Waals surface area (Å²) in [6.45, 7) is 4.82. The van der Waals surface area contributed by atoms with Gasteiger partial charge in [-0.25, -0.2) is 9.13 Å². The van der Waals surface area contributed by atoms with Crippen molar-refractivity contribution < 1.29 is 80.2 Å². The van der Waals surface area contributed by atoms with Gasteiger partial charge in [-0.1, -0.05) is 293 Å². The quantitative estimate of drug-likeness (QED) is 0.0169. The van der Waals surface area contributed by atoms with E-state index in [9.17, 15) is 43.2 Å². The van der Waals surface area contributed by atoms with E-state index in [2.05, 4.69) is 88.5 Å². The van der Waals surface area contributed by atoms with Crippen LogP contribution in [0.1, 0.15) is 362 Å². The lowest BCUT2D eigenvalue weighted by Gasteiger charge is -2.21. The highest BCUT2D eigenvalue weighted by Crippen LogP contribution is 2.45. The summed E-state index contributed by atoms with van der Waals surface area (Å²) in [4.78, 5) is 72.9. The number of carbonyl (C=O) groups is 4. The van der Waals surface area contributed by atoms with Crippen molar-refractivity contribution in [2.45, 2.75) is 380 Å². The first-order valence-corrected chi connectivity index (χ1v) is 43.2. The van der Waals surface area contributed by atoms with Crippen LogP contribution in [0.2, 0.25) is 0 Å². The van der Waals surface area contributed by atoms with Crippen LogP contribution in [0.5, 0.6) is 0 Å². The molecule has 0 rings (SSSR count). The zero-order chi connectivity index (χ0) is 73.2. The van der Waals surface area contributed by atoms with Crippen molar-refractivity contribution in [1.29, 1.82) is 0 Å². The second-order valence-electron chi connectivity index (χ2n) is 27.0. The molecule has 0 aromatic heterocycles. The zero-order valence-corrected chi connectivity index (χ0v) is 65.4. The van der Waals surface area contributed by atoms with E-state index in [1.54, 1.807) is 0 Å². The van der Waals surface area contributed by atoms with E-state index in [4.69, 9.17) is 37.0 Å². The third-order valence-electron chi connectivity index (χ3n) is 17.1. The molecule has 582 valence electrons. The lowest BCUT2D eigenvalue weighted by molar-refractivity contribution is -0.161. The van der Waals surface area contributed by atoms with Gasteiger partial charge in [-0.2, -0.15) is 0 Å². The lowest BCUT2D eigenvalue weighted by Crippen LogP contribution is -2.30. The molecule has 100 heavy (non-hydrogen) atoms. The fourth-order valence-corrected chi connectivity index (χ4v) is 12.5. The molecule has 0 bridgehead atoms. The molecule has 0 heterocycles. The maximum atomic E-state index is 13.1. The summed E-state index contributed by atoms with van der Waals surface area (Å²) in [7, 11) is -9.96. The topological polar surface area (TPSA) is 237 Å². The SMILES string of the molecule is CCCCC/C=C\C/C=C\C/C=C\C/C=C\CCCC(=O)OC[C@H](COP(=O)(O)OC[C@@H](O)COP(=O)(O)OC[C@@H](COC(=O)CCCCCCCCCCCCCCC)OC(=O)CCCCCCC/C=C\CCCCCCCC)OC(=O)CCCCCCC/C=C\CCCCCCCC. The largest absolute Gasteiger partial charge is 0.472 e. The second-order valence-corrected chi connectivity index (χ2v) is 29.9. The normalized spacial score (nSPS) is 14.3. The first-order chi connectivity index (χ1) is 48.7. The monoisotopic (exact) mass is 1450 g/mol. The summed E-state index contributed by atoms with van der Waals surface area (Å²) >= 11 is 0. The molecule has 19 heteroatoms. The lowest BCUT2D eigenvalue weighted by atomic mass is 10.0. The Balaban J connectivity index is 5.39. The van der Waals surface area contributed by atoms with Gasteiger partial charge in [0.2, 0.25) is 0 Å². The van der Waals surface area contributed by atoms with Crippen LogP contribution in [0.25, 0.3) is 0 Å². The van der Waals surface area contributed by atoms with Gasteiger partial charge >= 0.3 is 39.5 Å². The number of aliphatic hydroxyl groups is 1. The van der Waals surface area contributed by atoms with E-state index < -0.39 is 97.5 Å². The van der Waals surface area contributed by atoms with Crippen molar-refractivity contribution in [1.82, 2.24) is 0 Å². The van der Waals surface area contributed by atoms with Gasteiger partial charge in [-0.05, 0) is 116 Å². The Hall–Kier alpha value is -3.50. The molecule has 0 aromatic rings. The molecule has 0 fully saturated rings. The Bertz CT molecular complexity index is 2180. The Labute approximate surface area is 609 Å². The number of allylic oxidation sites excluding steroid dienone is 12. The number of hydrogen-bond donors (Lipinski definition) is 3. The number of ether oxygens (including phenoxy) is 4. The van der Waals surface area contributed by atoms with Crippen LogP contribution in [0.4, 0.5) is 0 Å². The average molecular weight is 1450 g/mol. The van der Waals surface area contributed by atoms with E-state index >= 15 is 0 Å². The van der Waals surface area contributed by atoms with Crippen LogP contribution in [0.3, 0.4) is 0 Å². The Morgan fingerprint density at radius 2 is 0.500 bits per heavy atom. The second kappa shape index (κ2) is 73.8. The number of hydrogen-bond acceptors (Lipinski definition) is 15. The number of aliphatic hydroxyl groups excluding tert-OH is 1. The van der Waals surface area contributed by atoms with Gasteiger partial charge in [-0.3, -0.25) is 37.3 Å². The van der Waals surface area contributed by atoms with Crippen molar-refractivity contribution in [3.63, 3.8) is 0 Å². The molecular weight excluding hydrogens is 1310 g/mol. The molecular formula is C81H146O17P2. The predicted molar refractivity (Wildman–Crippen MR) is 409 cm³/mol. The molecule has 2 unspecified atom stereocenters. The van der Waals surface area contributed by atoms with E-state index in [0.717, 1.165) is 122 Å². The van der Waals surface area contributed by atoms with Crippen LogP contribution in [0.15, 0.2) is 72.9 Å². The zero-order valence-electron chi connectivity index (χ0n) is 63.6. The summed E-state index contributed by atoms with van der Waals surface area (Å²) in [6.07, 6.45) is 74.5. The van der Waals surface area contributed by atoms with Crippen molar-refractivity contribution in [3.05, 3.63) is 72.9 Å². The molecule has 0 saturated heterocycles. The number of phosphoric ester groups is 2. The summed E-state index contributed by atoms with van der Waals surface area (Å²) < 4.78 is 68.5. The molecule has 5 atom stereocenters. The molecule has 0 aliphatic rings. The van der Waals surface area contributed by atoms with Crippen molar-refractivity contribution in [3.8, 4) is 0 Å². The molecule has 3 N–H and O–H groups in total. The van der Waals surface area contributed by atoms with Gasteiger partial charge in [0.05, 0.1) is 26.4 Å². The average Bonchev–Trinajstić information content (AvgIpc) is 0.945. The minimum absolute atomic E-state index is 0.0760. The van der Waals surface area contributed by atoms with E-state index in [0.29, 0.717) is 32.1 Å². The highest BCUT2D eigenvalue weighted by atomic mass is 31.2. The van der Waals surface area contributed by atoms with Gasteiger partial charge in [0, 0.05) is 25.7 Å². The fraction of sp³-hybridized carbons (Fsp3) is 0.802. The molecule has 17 nitrogen and oxygen atoms in total. The van der Waals surface area contributed by atoms with Crippen LogP contribution in [0, 0.1) is 0 Å². The molecule has 0 aliphatic carbocycles. The first kappa shape index (κ1) is 96.5. The van der Waals surface area contributed by atoms with Gasteiger partial charge in [0.15, 0.2) is 12.2 Å². The third kappa shape index (κ3) is 72.8. The minimum Gasteiger partial charge on any atom is -0.462 e. The standard InChI is InChI=1S/C81H146O17P2/c1-5-9-13-17-21-25-29-33-36-37-40-42-46-50-54-58-62-66-79(84)92-72-77(98-81(86)68-64-60-56-52-48-44-39-35-31-27-23-19-15-11-7-3)74-96-100(89,90)94-70-75(82)69-93-99(87,88)95-73-76(71-91-78(83)65-61-57-53-49-45-41-32-28-24-20-16-12-8-4)97-80(85)67-63-59-55-51-47-43-38-34-30-26-22-18-14-10-6-2/h21,25,33-36,38-40,42,50,54,75-77,82H,5-20,22-24,26-32,37,41,43-49,51-53,55-74H2,1-4H3,(H,87,88)(H,89,90)/b25-21-,36-33-,38-34-,39-35-,42-40-,54-50-/t75-,76+,77+/m0/s1. The summed E-state index contributed by atoms with van der Waals surface area (Å²) in [5, 5.41) is 10.6. The van der Waals surface area contributed by atoms with Crippen LogP contribution in [-0.4, -0.2) is 96.7 Å². The number of rotatable bonds is 76. The van der Waals surface area contributed by atoms with Gasteiger partial charge in [0.25, 0.3) is 0 Å². The third-order valence-corrected chi connectivity index (χ3v) is 19.0. The fourth-order valence-electron chi connectivity index (χ4n) is 11.0. The highest BCUT2D eigenvalue weighted by Gasteiger charge is 2.30. The minimum atomic E-state index is -4.99. The van der Waals surface area contributed by atoms with E-state index in [-0.39, 0.29) is 25.7 Å². The molecule has 0 amide bonds. The Morgan fingerprint density at radius 1 is 0.280 bits per heavy atom. The summed E-state index contributed by atoms with van der Waals surface area (Å²) in [5.74, 6) is -2.23. The van der Waals surface area contributed by atoms with Gasteiger partial charge < -0.3 is 33.8 Å². The molecule has 0 aliphatic heterocycles. The maximum Gasteiger partial charge on any atom is 0.472 e. The number of unbranched alkanes of at least 4 members (excludes halogenated alkanes) is 38. The van der Waals surface area contributed by atoms with Crippen molar-refractivity contribution >= 4 is 39.5 Å². The first-order valence-electron chi connectivity index (χ1n) is 40.2. The van der Waals surface area contributed by atoms with E-state index in [1.807, 2.05) is 12.2 Å². The van der Waals surface area contributed by atoms with Crippen molar-refractivity contribution in [2.75, 3.05) is 39.6 Å². The molecule has 0 radical (unpaired) electrons.